The highest BCUT2D eigenvalue weighted by Crippen LogP contribution is 2.34. The van der Waals surface area contributed by atoms with E-state index in [9.17, 15) is 0 Å². The Balaban J connectivity index is 1.88. The summed E-state index contributed by atoms with van der Waals surface area (Å²) in [5.41, 5.74) is 2.57. The molecule has 1 saturated carbocycles. The molecule has 100 valence electrons. The standard InChI is InChI=1S/C16H26N2/c1-3-9-17-16(10-14-5-6-14)11-15-8-7-13(4-2)12-18-15/h7-8,12,14,16-17H,3-6,9-11H2,1-2H3. The highest BCUT2D eigenvalue weighted by Gasteiger charge is 2.25. The Hall–Kier alpha value is -0.890. The van der Waals surface area contributed by atoms with E-state index >= 15 is 0 Å². The molecule has 0 aromatic carbocycles. The zero-order valence-electron chi connectivity index (χ0n) is 11.8. The van der Waals surface area contributed by atoms with Crippen LogP contribution >= 0.6 is 0 Å². The molecule has 1 aromatic heterocycles. The van der Waals surface area contributed by atoms with E-state index in [4.69, 9.17) is 0 Å². The Morgan fingerprint density at radius 2 is 2.17 bits per heavy atom. The van der Waals surface area contributed by atoms with E-state index < -0.39 is 0 Å². The third-order valence-electron chi connectivity index (χ3n) is 3.75. The van der Waals surface area contributed by atoms with Crippen molar-refractivity contribution >= 4 is 0 Å². The summed E-state index contributed by atoms with van der Waals surface area (Å²) in [6.07, 6.45) is 9.61. The van der Waals surface area contributed by atoms with Crippen molar-refractivity contribution in [2.45, 2.75) is 58.4 Å². The number of hydrogen-bond donors (Lipinski definition) is 1. The van der Waals surface area contributed by atoms with Gasteiger partial charge in [0.15, 0.2) is 0 Å². The first-order chi connectivity index (χ1) is 8.81. The molecule has 18 heavy (non-hydrogen) atoms. The van der Waals surface area contributed by atoms with Crippen LogP contribution in [0.1, 0.15) is 50.8 Å². The zero-order chi connectivity index (χ0) is 12.8. The average Bonchev–Trinajstić information content (AvgIpc) is 3.21. The van der Waals surface area contributed by atoms with Crippen LogP contribution in [0.5, 0.6) is 0 Å². The lowest BCUT2D eigenvalue weighted by molar-refractivity contribution is 0.451. The molecule has 1 aliphatic rings. The molecule has 0 radical (unpaired) electrons. The molecular formula is C16H26N2. The monoisotopic (exact) mass is 246 g/mol. The van der Waals surface area contributed by atoms with E-state index in [1.807, 2.05) is 6.20 Å². The van der Waals surface area contributed by atoms with Crippen LogP contribution in [0.25, 0.3) is 0 Å². The van der Waals surface area contributed by atoms with Gasteiger partial charge in [-0.1, -0.05) is 32.8 Å². The molecule has 1 heterocycles. The molecule has 0 saturated heterocycles. The van der Waals surface area contributed by atoms with Crippen molar-refractivity contribution in [1.29, 1.82) is 0 Å². The van der Waals surface area contributed by atoms with Gasteiger partial charge < -0.3 is 5.32 Å². The third kappa shape index (κ3) is 4.41. The quantitative estimate of drug-likeness (QED) is 0.761. The summed E-state index contributed by atoms with van der Waals surface area (Å²) in [4.78, 5) is 4.59. The van der Waals surface area contributed by atoms with Gasteiger partial charge in [0, 0.05) is 24.4 Å². The highest BCUT2D eigenvalue weighted by atomic mass is 14.9. The molecule has 1 N–H and O–H groups in total. The first-order valence-electron chi connectivity index (χ1n) is 7.49. The van der Waals surface area contributed by atoms with Crippen molar-refractivity contribution in [1.82, 2.24) is 10.3 Å². The Kier molecular flexibility index (Phi) is 5.18. The van der Waals surface area contributed by atoms with Gasteiger partial charge in [-0.05, 0) is 43.4 Å². The molecule has 2 heteroatoms. The Bertz CT molecular complexity index is 341. The van der Waals surface area contributed by atoms with E-state index in [0.29, 0.717) is 6.04 Å². The minimum Gasteiger partial charge on any atom is -0.314 e. The van der Waals surface area contributed by atoms with Gasteiger partial charge in [-0.3, -0.25) is 4.98 Å². The fourth-order valence-electron chi connectivity index (χ4n) is 2.38. The molecule has 2 rings (SSSR count). The van der Waals surface area contributed by atoms with Gasteiger partial charge in [-0.25, -0.2) is 0 Å². The Morgan fingerprint density at radius 3 is 2.72 bits per heavy atom. The van der Waals surface area contributed by atoms with E-state index in [1.165, 1.54) is 36.9 Å². The second kappa shape index (κ2) is 6.89. The minimum atomic E-state index is 0.623. The molecule has 1 unspecified atom stereocenters. The summed E-state index contributed by atoms with van der Waals surface area (Å²) in [5.74, 6) is 0.981. The summed E-state index contributed by atoms with van der Waals surface area (Å²) in [6, 6.07) is 5.04. The summed E-state index contributed by atoms with van der Waals surface area (Å²) < 4.78 is 0. The molecule has 1 atom stereocenters. The Morgan fingerprint density at radius 1 is 1.33 bits per heavy atom. The smallest absolute Gasteiger partial charge is 0.0419 e. The van der Waals surface area contributed by atoms with Crippen molar-refractivity contribution in [3.8, 4) is 0 Å². The molecule has 0 amide bonds. The van der Waals surface area contributed by atoms with E-state index in [-0.39, 0.29) is 0 Å². The maximum Gasteiger partial charge on any atom is 0.0419 e. The van der Waals surface area contributed by atoms with Crippen LogP contribution in [0.2, 0.25) is 0 Å². The lowest BCUT2D eigenvalue weighted by Crippen LogP contribution is -2.32. The second-order valence-electron chi connectivity index (χ2n) is 5.55. The SMILES string of the molecule is CCCNC(Cc1ccc(CC)cn1)CC1CC1. The molecule has 0 spiro atoms. The molecule has 1 aliphatic carbocycles. The number of aromatic nitrogens is 1. The summed E-state index contributed by atoms with van der Waals surface area (Å²) >= 11 is 0. The molecule has 1 aromatic rings. The summed E-state index contributed by atoms with van der Waals surface area (Å²) in [5, 5.41) is 3.68. The number of aryl methyl sites for hydroxylation is 1. The number of rotatable bonds is 8. The molecular weight excluding hydrogens is 220 g/mol. The fraction of sp³-hybridized carbons (Fsp3) is 0.688. The van der Waals surface area contributed by atoms with Crippen LogP contribution in [-0.2, 0) is 12.8 Å². The predicted molar refractivity (Wildman–Crippen MR) is 76.7 cm³/mol. The molecule has 1 fully saturated rings. The van der Waals surface area contributed by atoms with Crippen LogP contribution in [-0.4, -0.2) is 17.6 Å². The van der Waals surface area contributed by atoms with Gasteiger partial charge in [-0.2, -0.15) is 0 Å². The third-order valence-corrected chi connectivity index (χ3v) is 3.75. The molecule has 0 bridgehead atoms. The maximum atomic E-state index is 4.59. The lowest BCUT2D eigenvalue weighted by Gasteiger charge is -2.18. The number of hydrogen-bond acceptors (Lipinski definition) is 2. The summed E-state index contributed by atoms with van der Waals surface area (Å²) in [7, 11) is 0. The first-order valence-corrected chi connectivity index (χ1v) is 7.49. The normalized spacial score (nSPS) is 16.8. The van der Waals surface area contributed by atoms with E-state index in [1.54, 1.807) is 0 Å². The topological polar surface area (TPSA) is 24.9 Å². The predicted octanol–water partition coefficient (Wildman–Crippen LogP) is 3.35. The highest BCUT2D eigenvalue weighted by molar-refractivity contribution is 5.14. The van der Waals surface area contributed by atoms with Crippen molar-refractivity contribution in [2.75, 3.05) is 6.54 Å². The van der Waals surface area contributed by atoms with Crippen LogP contribution < -0.4 is 5.32 Å². The van der Waals surface area contributed by atoms with Gasteiger partial charge in [0.1, 0.15) is 0 Å². The van der Waals surface area contributed by atoms with Crippen LogP contribution in [0.4, 0.5) is 0 Å². The van der Waals surface area contributed by atoms with Crippen LogP contribution in [0, 0.1) is 5.92 Å². The van der Waals surface area contributed by atoms with Gasteiger partial charge in [-0.15, -0.1) is 0 Å². The molecule has 2 nitrogen and oxygen atoms in total. The van der Waals surface area contributed by atoms with E-state index in [0.717, 1.165) is 25.3 Å². The fourth-order valence-corrected chi connectivity index (χ4v) is 2.38. The van der Waals surface area contributed by atoms with Gasteiger partial charge in [0.25, 0.3) is 0 Å². The number of pyridine rings is 1. The lowest BCUT2D eigenvalue weighted by atomic mass is 10.0. The van der Waals surface area contributed by atoms with Crippen molar-refractivity contribution in [3.05, 3.63) is 29.6 Å². The van der Waals surface area contributed by atoms with Crippen molar-refractivity contribution in [3.63, 3.8) is 0 Å². The number of nitrogens with zero attached hydrogens (tertiary/aromatic N) is 1. The Labute approximate surface area is 111 Å². The van der Waals surface area contributed by atoms with Crippen molar-refractivity contribution < 1.29 is 0 Å². The maximum absolute atomic E-state index is 4.59. The van der Waals surface area contributed by atoms with Gasteiger partial charge >= 0.3 is 0 Å². The van der Waals surface area contributed by atoms with Crippen LogP contribution in [0.3, 0.4) is 0 Å². The second-order valence-corrected chi connectivity index (χ2v) is 5.55. The van der Waals surface area contributed by atoms with Gasteiger partial charge in [0.05, 0.1) is 0 Å². The minimum absolute atomic E-state index is 0.623. The van der Waals surface area contributed by atoms with Crippen LogP contribution in [0.15, 0.2) is 18.3 Å². The summed E-state index contributed by atoms with van der Waals surface area (Å²) in [6.45, 7) is 5.54. The average molecular weight is 246 g/mol. The zero-order valence-corrected chi connectivity index (χ0v) is 11.8. The van der Waals surface area contributed by atoms with Crippen molar-refractivity contribution in [2.24, 2.45) is 5.92 Å². The first kappa shape index (κ1) is 13.5. The van der Waals surface area contributed by atoms with E-state index in [2.05, 4.69) is 36.3 Å². The van der Waals surface area contributed by atoms with Gasteiger partial charge in [0.2, 0.25) is 0 Å². The largest absolute Gasteiger partial charge is 0.314 e. The molecule has 0 aliphatic heterocycles. The number of nitrogens with one attached hydrogen (secondary N) is 1.